The lowest BCUT2D eigenvalue weighted by Crippen LogP contribution is -2.11. The lowest BCUT2D eigenvalue weighted by atomic mass is 10.2. The smallest absolute Gasteiger partial charge is 0.166 e. The van der Waals surface area contributed by atoms with Crippen molar-refractivity contribution in [1.82, 2.24) is 0 Å². The standard InChI is InChI=1S/C13H9ClF2N2O/c14-9-6-8(2-3-10(9)15)19-12-4-1-7(13(17)18)5-11(12)16/h1-6H,(H3,17,18). The van der Waals surface area contributed by atoms with Crippen LogP contribution in [0.15, 0.2) is 36.4 Å². The van der Waals surface area contributed by atoms with Crippen LogP contribution in [-0.4, -0.2) is 5.84 Å². The van der Waals surface area contributed by atoms with Crippen LogP contribution < -0.4 is 10.5 Å². The maximum atomic E-state index is 13.7. The third kappa shape index (κ3) is 3.00. The summed E-state index contributed by atoms with van der Waals surface area (Å²) in [5.41, 5.74) is 5.49. The van der Waals surface area contributed by atoms with Crippen molar-refractivity contribution in [1.29, 1.82) is 5.41 Å². The van der Waals surface area contributed by atoms with E-state index < -0.39 is 11.6 Å². The number of amidine groups is 1. The molecule has 3 N–H and O–H groups in total. The van der Waals surface area contributed by atoms with Crippen molar-refractivity contribution in [3.63, 3.8) is 0 Å². The number of rotatable bonds is 3. The molecule has 0 aliphatic rings. The number of nitrogens with two attached hydrogens (primary N) is 1. The monoisotopic (exact) mass is 282 g/mol. The first-order chi connectivity index (χ1) is 8.97. The summed E-state index contributed by atoms with van der Waals surface area (Å²) in [4.78, 5) is 0. The molecule has 0 aromatic heterocycles. The lowest BCUT2D eigenvalue weighted by molar-refractivity contribution is 0.441. The number of hydrogen-bond acceptors (Lipinski definition) is 2. The average Bonchev–Trinajstić information content (AvgIpc) is 2.36. The van der Waals surface area contributed by atoms with Crippen LogP contribution in [0, 0.1) is 17.0 Å². The molecule has 2 aromatic carbocycles. The Morgan fingerprint density at radius 1 is 1.11 bits per heavy atom. The van der Waals surface area contributed by atoms with Crippen molar-refractivity contribution >= 4 is 17.4 Å². The molecule has 19 heavy (non-hydrogen) atoms. The molecule has 0 aliphatic carbocycles. The van der Waals surface area contributed by atoms with Crippen molar-refractivity contribution in [2.75, 3.05) is 0 Å². The average molecular weight is 283 g/mol. The van der Waals surface area contributed by atoms with Gasteiger partial charge in [-0.1, -0.05) is 11.6 Å². The maximum Gasteiger partial charge on any atom is 0.166 e. The highest BCUT2D eigenvalue weighted by Gasteiger charge is 2.09. The molecule has 0 spiro atoms. The summed E-state index contributed by atoms with van der Waals surface area (Å²) in [5, 5.41) is 7.07. The van der Waals surface area contributed by atoms with Crippen LogP contribution in [0.5, 0.6) is 11.5 Å². The van der Waals surface area contributed by atoms with Gasteiger partial charge in [-0.15, -0.1) is 0 Å². The van der Waals surface area contributed by atoms with Gasteiger partial charge in [0.2, 0.25) is 0 Å². The molecule has 0 saturated carbocycles. The molecule has 0 unspecified atom stereocenters. The first kappa shape index (κ1) is 13.3. The third-order valence-electron chi connectivity index (χ3n) is 2.36. The van der Waals surface area contributed by atoms with Crippen LogP contribution in [0.1, 0.15) is 5.56 Å². The van der Waals surface area contributed by atoms with E-state index in [9.17, 15) is 8.78 Å². The lowest BCUT2D eigenvalue weighted by Gasteiger charge is -2.08. The van der Waals surface area contributed by atoms with Gasteiger partial charge in [-0.3, -0.25) is 5.41 Å². The number of ether oxygens (including phenoxy) is 1. The molecule has 6 heteroatoms. The molecule has 0 fully saturated rings. The van der Waals surface area contributed by atoms with Gasteiger partial charge in [0, 0.05) is 11.6 Å². The Morgan fingerprint density at radius 2 is 1.84 bits per heavy atom. The minimum absolute atomic E-state index is 0.0623. The van der Waals surface area contributed by atoms with Crippen molar-refractivity contribution in [2.24, 2.45) is 5.73 Å². The first-order valence-electron chi connectivity index (χ1n) is 5.24. The highest BCUT2D eigenvalue weighted by Crippen LogP contribution is 2.28. The fourth-order valence-corrected chi connectivity index (χ4v) is 1.59. The zero-order chi connectivity index (χ0) is 14.0. The van der Waals surface area contributed by atoms with Gasteiger partial charge in [0.25, 0.3) is 0 Å². The van der Waals surface area contributed by atoms with Gasteiger partial charge in [-0.2, -0.15) is 0 Å². The van der Waals surface area contributed by atoms with Crippen molar-refractivity contribution in [3.05, 3.63) is 58.6 Å². The van der Waals surface area contributed by atoms with E-state index in [1.165, 1.54) is 24.3 Å². The Kier molecular flexibility index (Phi) is 3.66. The van der Waals surface area contributed by atoms with Crippen molar-refractivity contribution < 1.29 is 13.5 Å². The number of hydrogen-bond donors (Lipinski definition) is 2. The van der Waals surface area contributed by atoms with Gasteiger partial charge in [0.15, 0.2) is 11.6 Å². The Bertz CT molecular complexity index is 647. The molecule has 0 saturated heterocycles. The summed E-state index contributed by atoms with van der Waals surface area (Å²) in [6.45, 7) is 0. The topological polar surface area (TPSA) is 59.1 Å². The number of benzene rings is 2. The highest BCUT2D eigenvalue weighted by molar-refractivity contribution is 6.30. The van der Waals surface area contributed by atoms with Crippen LogP contribution in [0.3, 0.4) is 0 Å². The zero-order valence-corrected chi connectivity index (χ0v) is 10.3. The fourth-order valence-electron chi connectivity index (χ4n) is 1.42. The fraction of sp³-hybridized carbons (Fsp3) is 0. The molecule has 0 heterocycles. The minimum atomic E-state index is -0.673. The third-order valence-corrected chi connectivity index (χ3v) is 2.65. The summed E-state index contributed by atoms with van der Waals surface area (Å²) < 4.78 is 31.9. The second kappa shape index (κ2) is 5.24. The van der Waals surface area contributed by atoms with Crippen LogP contribution in [0.2, 0.25) is 5.02 Å². The van der Waals surface area contributed by atoms with Crippen LogP contribution >= 0.6 is 11.6 Å². The van der Waals surface area contributed by atoms with E-state index >= 15 is 0 Å². The SMILES string of the molecule is N=C(N)c1ccc(Oc2ccc(F)c(Cl)c2)c(F)c1. The molecule has 0 atom stereocenters. The molecule has 2 aromatic rings. The van der Waals surface area contributed by atoms with Crippen molar-refractivity contribution in [2.45, 2.75) is 0 Å². The predicted octanol–water partition coefficient (Wildman–Crippen LogP) is 3.69. The Hall–Kier alpha value is -2.14. The quantitative estimate of drug-likeness (QED) is 0.666. The van der Waals surface area contributed by atoms with E-state index in [1.807, 2.05) is 0 Å². The van der Waals surface area contributed by atoms with Gasteiger partial charge in [0.1, 0.15) is 17.4 Å². The summed E-state index contributed by atoms with van der Waals surface area (Å²) in [7, 11) is 0. The minimum Gasteiger partial charge on any atom is -0.454 e. The van der Waals surface area contributed by atoms with Crippen molar-refractivity contribution in [3.8, 4) is 11.5 Å². The molecule has 2 rings (SSSR count). The van der Waals surface area contributed by atoms with Crippen LogP contribution in [0.25, 0.3) is 0 Å². The largest absolute Gasteiger partial charge is 0.454 e. The van der Waals surface area contributed by atoms with E-state index in [1.54, 1.807) is 0 Å². The van der Waals surface area contributed by atoms with Crippen LogP contribution in [-0.2, 0) is 0 Å². The molecule has 3 nitrogen and oxygen atoms in total. The Balaban J connectivity index is 2.28. The summed E-state index contributed by atoms with van der Waals surface area (Å²) in [6.07, 6.45) is 0. The second-order valence-electron chi connectivity index (χ2n) is 3.74. The number of nitrogens with one attached hydrogen (secondary N) is 1. The molecule has 98 valence electrons. The predicted molar refractivity (Wildman–Crippen MR) is 68.9 cm³/mol. The van der Waals surface area contributed by atoms with E-state index in [4.69, 9.17) is 27.5 Å². The summed E-state index contributed by atoms with van der Waals surface area (Å²) >= 11 is 5.59. The van der Waals surface area contributed by atoms with Crippen LogP contribution in [0.4, 0.5) is 8.78 Å². The van der Waals surface area contributed by atoms with E-state index in [-0.39, 0.29) is 27.9 Å². The Morgan fingerprint density at radius 3 is 2.42 bits per heavy atom. The summed E-state index contributed by atoms with van der Waals surface area (Å²) in [5.74, 6) is -1.35. The van der Waals surface area contributed by atoms with Gasteiger partial charge in [-0.25, -0.2) is 8.78 Å². The maximum absolute atomic E-state index is 13.7. The molecule has 0 radical (unpaired) electrons. The van der Waals surface area contributed by atoms with E-state index in [2.05, 4.69) is 0 Å². The zero-order valence-electron chi connectivity index (χ0n) is 9.58. The van der Waals surface area contributed by atoms with Gasteiger partial charge < -0.3 is 10.5 Å². The molecular formula is C13H9ClF2N2O. The highest BCUT2D eigenvalue weighted by atomic mass is 35.5. The second-order valence-corrected chi connectivity index (χ2v) is 4.14. The van der Waals surface area contributed by atoms with Gasteiger partial charge in [0.05, 0.1) is 5.02 Å². The normalized spacial score (nSPS) is 10.3. The number of nitrogen functional groups attached to an aromatic ring is 1. The first-order valence-corrected chi connectivity index (χ1v) is 5.62. The van der Waals surface area contributed by atoms with Gasteiger partial charge >= 0.3 is 0 Å². The molecule has 0 amide bonds. The molecule has 0 bridgehead atoms. The van der Waals surface area contributed by atoms with E-state index in [0.29, 0.717) is 0 Å². The van der Waals surface area contributed by atoms with Gasteiger partial charge in [-0.05, 0) is 30.3 Å². The molecular weight excluding hydrogens is 274 g/mol. The van der Waals surface area contributed by atoms with E-state index in [0.717, 1.165) is 12.1 Å². The Labute approximate surface area is 113 Å². The number of halogens is 3. The summed E-state index contributed by atoms with van der Waals surface area (Å²) in [6, 6.07) is 7.58. The molecule has 0 aliphatic heterocycles.